The molecule has 0 aliphatic carbocycles. The zero-order valence-corrected chi connectivity index (χ0v) is 29.5. The molecular weight excluding hydrogens is 605 g/mol. The second-order valence-electron chi connectivity index (χ2n) is 13.1. The van der Waals surface area contributed by atoms with Crippen molar-refractivity contribution in [3.63, 3.8) is 0 Å². The first-order valence-electron chi connectivity index (χ1n) is 17.7. The van der Waals surface area contributed by atoms with Gasteiger partial charge in [-0.2, -0.15) is 0 Å². The molecule has 246 valence electrons. The molecule has 2 heteroatoms. The number of nitrogens with zero attached hydrogens (tertiary/aromatic N) is 2. The standard InChI is InChI=1S/C48H44N2/c1-5-37-14-18-39(19-15-37)41-22-30-45(31-23-41)49(43-26-10-35(3)11-27-43)47-8-7-9-48(34-47)50(44-28-12-36(4)13-29-44)46-32-24-42(25-33-46)40-20-16-38(6-2)17-21-40/h7-34H,5-6H2,1-4H3. The highest BCUT2D eigenvalue weighted by Gasteiger charge is 2.18. The third-order valence-corrected chi connectivity index (χ3v) is 9.57. The molecule has 50 heavy (non-hydrogen) atoms. The van der Waals surface area contributed by atoms with Crippen molar-refractivity contribution < 1.29 is 0 Å². The normalized spacial score (nSPS) is 11.0. The Morgan fingerprint density at radius 2 is 0.600 bits per heavy atom. The van der Waals surface area contributed by atoms with Gasteiger partial charge in [-0.05, 0) is 127 Å². The van der Waals surface area contributed by atoms with Crippen LogP contribution in [0.4, 0.5) is 34.1 Å². The molecule has 0 heterocycles. The summed E-state index contributed by atoms with van der Waals surface area (Å²) in [5.74, 6) is 0. The first kappa shape index (κ1) is 32.7. The van der Waals surface area contributed by atoms with E-state index in [0.717, 1.165) is 47.0 Å². The molecule has 0 radical (unpaired) electrons. The molecular formula is C48H44N2. The number of anilines is 6. The average molecular weight is 649 g/mol. The van der Waals surface area contributed by atoms with Crippen molar-refractivity contribution in [3.05, 3.63) is 192 Å². The van der Waals surface area contributed by atoms with E-state index in [-0.39, 0.29) is 0 Å². The molecule has 7 aromatic rings. The van der Waals surface area contributed by atoms with Crippen molar-refractivity contribution in [1.82, 2.24) is 0 Å². The third-order valence-electron chi connectivity index (χ3n) is 9.57. The van der Waals surface area contributed by atoms with Gasteiger partial charge in [-0.25, -0.2) is 0 Å². The number of aryl methyl sites for hydroxylation is 4. The number of benzene rings is 7. The number of hydrogen-bond acceptors (Lipinski definition) is 2. The Bertz CT molecular complexity index is 1990. The van der Waals surface area contributed by atoms with Crippen LogP contribution in [-0.4, -0.2) is 0 Å². The van der Waals surface area contributed by atoms with Crippen LogP contribution in [0.2, 0.25) is 0 Å². The highest BCUT2D eigenvalue weighted by Crippen LogP contribution is 2.41. The van der Waals surface area contributed by atoms with E-state index >= 15 is 0 Å². The lowest BCUT2D eigenvalue weighted by molar-refractivity contribution is 1.14. The van der Waals surface area contributed by atoms with Gasteiger partial charge >= 0.3 is 0 Å². The molecule has 0 aliphatic rings. The van der Waals surface area contributed by atoms with Crippen LogP contribution >= 0.6 is 0 Å². The molecule has 0 fully saturated rings. The summed E-state index contributed by atoms with van der Waals surface area (Å²) in [6, 6.07) is 62.2. The van der Waals surface area contributed by atoms with E-state index in [9.17, 15) is 0 Å². The average Bonchev–Trinajstić information content (AvgIpc) is 3.17. The second-order valence-corrected chi connectivity index (χ2v) is 13.1. The Hall–Kier alpha value is -5.86. The Kier molecular flexibility index (Phi) is 9.62. The fourth-order valence-electron chi connectivity index (χ4n) is 6.52. The van der Waals surface area contributed by atoms with E-state index in [0.29, 0.717) is 0 Å². The summed E-state index contributed by atoms with van der Waals surface area (Å²) in [5, 5.41) is 0. The van der Waals surface area contributed by atoms with Crippen molar-refractivity contribution in [3.8, 4) is 22.3 Å². The summed E-state index contributed by atoms with van der Waals surface area (Å²) in [6.07, 6.45) is 2.09. The largest absolute Gasteiger partial charge is 0.310 e. The molecule has 7 aromatic carbocycles. The van der Waals surface area contributed by atoms with Gasteiger partial charge in [0.15, 0.2) is 0 Å². The van der Waals surface area contributed by atoms with E-state index in [1.165, 1.54) is 44.5 Å². The molecule has 0 bridgehead atoms. The van der Waals surface area contributed by atoms with E-state index in [1.54, 1.807) is 0 Å². The summed E-state index contributed by atoms with van der Waals surface area (Å²) in [6.45, 7) is 8.67. The summed E-state index contributed by atoms with van der Waals surface area (Å²) in [7, 11) is 0. The molecule has 0 saturated carbocycles. The van der Waals surface area contributed by atoms with Crippen LogP contribution in [0.1, 0.15) is 36.1 Å². The van der Waals surface area contributed by atoms with Crippen molar-refractivity contribution in [1.29, 1.82) is 0 Å². The molecule has 0 aliphatic heterocycles. The minimum absolute atomic E-state index is 1.05. The Morgan fingerprint density at radius 3 is 0.900 bits per heavy atom. The summed E-state index contributed by atoms with van der Waals surface area (Å²) in [5.41, 5.74) is 16.7. The summed E-state index contributed by atoms with van der Waals surface area (Å²) >= 11 is 0. The van der Waals surface area contributed by atoms with Gasteiger partial charge < -0.3 is 9.80 Å². The third kappa shape index (κ3) is 7.11. The van der Waals surface area contributed by atoms with Gasteiger partial charge in [0.2, 0.25) is 0 Å². The molecule has 0 aromatic heterocycles. The molecule has 0 spiro atoms. The zero-order chi connectivity index (χ0) is 34.5. The van der Waals surface area contributed by atoms with Gasteiger partial charge in [0.25, 0.3) is 0 Å². The lowest BCUT2D eigenvalue weighted by Crippen LogP contribution is -2.13. The maximum atomic E-state index is 2.35. The first-order chi connectivity index (χ1) is 24.5. The minimum Gasteiger partial charge on any atom is -0.310 e. The number of rotatable bonds is 10. The fraction of sp³-hybridized carbons (Fsp3) is 0.125. The zero-order valence-electron chi connectivity index (χ0n) is 29.5. The van der Waals surface area contributed by atoms with Crippen molar-refractivity contribution in [2.24, 2.45) is 0 Å². The van der Waals surface area contributed by atoms with Crippen LogP contribution < -0.4 is 9.80 Å². The molecule has 0 atom stereocenters. The van der Waals surface area contributed by atoms with Crippen LogP contribution in [0.25, 0.3) is 22.3 Å². The SMILES string of the molecule is CCc1ccc(-c2ccc(N(c3ccc(C)cc3)c3cccc(N(c4ccc(C)cc4)c4ccc(-c5ccc(CC)cc5)cc4)c3)cc2)cc1. The lowest BCUT2D eigenvalue weighted by Gasteiger charge is -2.29. The number of hydrogen-bond donors (Lipinski definition) is 0. The van der Waals surface area contributed by atoms with Crippen molar-refractivity contribution in [2.75, 3.05) is 9.80 Å². The highest BCUT2D eigenvalue weighted by atomic mass is 15.2. The Morgan fingerprint density at radius 1 is 0.320 bits per heavy atom. The molecule has 7 rings (SSSR count). The van der Waals surface area contributed by atoms with Crippen molar-refractivity contribution >= 4 is 34.1 Å². The second kappa shape index (κ2) is 14.7. The molecule has 0 amide bonds. The molecule has 0 N–H and O–H groups in total. The quantitative estimate of drug-likeness (QED) is 0.146. The highest BCUT2D eigenvalue weighted by molar-refractivity contribution is 5.84. The predicted octanol–water partition coefficient (Wildman–Crippen LogP) is 13.7. The van der Waals surface area contributed by atoms with Crippen LogP contribution in [-0.2, 0) is 12.8 Å². The van der Waals surface area contributed by atoms with Gasteiger partial charge in [-0.1, -0.05) is 128 Å². The van der Waals surface area contributed by atoms with Crippen LogP contribution in [0.3, 0.4) is 0 Å². The lowest BCUT2D eigenvalue weighted by atomic mass is 10.0. The monoisotopic (exact) mass is 648 g/mol. The van der Waals surface area contributed by atoms with Crippen LogP contribution in [0.15, 0.2) is 170 Å². The molecule has 2 nitrogen and oxygen atoms in total. The van der Waals surface area contributed by atoms with E-state index < -0.39 is 0 Å². The van der Waals surface area contributed by atoms with Crippen molar-refractivity contribution in [2.45, 2.75) is 40.5 Å². The van der Waals surface area contributed by atoms with Gasteiger partial charge in [-0.3, -0.25) is 0 Å². The smallest absolute Gasteiger partial charge is 0.0482 e. The van der Waals surface area contributed by atoms with E-state index in [1.807, 2.05) is 0 Å². The van der Waals surface area contributed by atoms with Crippen LogP contribution in [0.5, 0.6) is 0 Å². The topological polar surface area (TPSA) is 6.48 Å². The fourth-order valence-corrected chi connectivity index (χ4v) is 6.52. The minimum atomic E-state index is 1.05. The maximum Gasteiger partial charge on any atom is 0.0482 e. The Labute approximate surface area is 297 Å². The van der Waals surface area contributed by atoms with Gasteiger partial charge in [-0.15, -0.1) is 0 Å². The Balaban J connectivity index is 1.28. The summed E-state index contributed by atoms with van der Waals surface area (Å²) in [4.78, 5) is 4.70. The van der Waals surface area contributed by atoms with E-state index in [4.69, 9.17) is 0 Å². The van der Waals surface area contributed by atoms with Gasteiger partial charge in [0.1, 0.15) is 0 Å². The maximum absolute atomic E-state index is 2.35. The van der Waals surface area contributed by atoms with Crippen LogP contribution in [0, 0.1) is 13.8 Å². The van der Waals surface area contributed by atoms with E-state index in [2.05, 4.69) is 207 Å². The van der Waals surface area contributed by atoms with Gasteiger partial charge in [0, 0.05) is 34.1 Å². The first-order valence-corrected chi connectivity index (χ1v) is 17.7. The van der Waals surface area contributed by atoms with Gasteiger partial charge in [0.05, 0.1) is 0 Å². The molecule has 0 saturated heterocycles. The molecule has 0 unspecified atom stereocenters. The summed E-state index contributed by atoms with van der Waals surface area (Å²) < 4.78 is 0. The predicted molar refractivity (Wildman–Crippen MR) is 215 cm³/mol.